The number of ether oxygens (including phenoxy) is 1. The van der Waals surface area contributed by atoms with Crippen LogP contribution in [0.4, 0.5) is 0 Å². The lowest BCUT2D eigenvalue weighted by Crippen LogP contribution is -2.46. The molecule has 128 valence electrons. The molecular weight excluding hydrogens is 292 g/mol. The van der Waals surface area contributed by atoms with Gasteiger partial charge in [-0.1, -0.05) is 39.7 Å². The SMILES string of the molecule is COC(=O)/C(C)=C/C[C@H]1CCCC[C@@H]1O[Si](C)(C)C(C)(C)C. The molecule has 4 heteroatoms. The van der Waals surface area contributed by atoms with E-state index >= 15 is 0 Å². The quantitative estimate of drug-likeness (QED) is 0.402. The summed E-state index contributed by atoms with van der Waals surface area (Å²) in [5.74, 6) is 0.306. The Hall–Kier alpha value is -0.613. The molecule has 0 aromatic heterocycles. The van der Waals surface area contributed by atoms with Gasteiger partial charge in [0.2, 0.25) is 0 Å². The number of carbonyl (C=O) groups excluding carboxylic acids is 1. The van der Waals surface area contributed by atoms with Crippen LogP contribution in [0, 0.1) is 5.92 Å². The third-order valence-corrected chi connectivity index (χ3v) is 9.83. The summed E-state index contributed by atoms with van der Waals surface area (Å²) in [6.45, 7) is 13.4. The van der Waals surface area contributed by atoms with Crippen molar-refractivity contribution in [2.24, 2.45) is 5.92 Å². The standard InChI is InChI=1S/C18H34O3Si/c1-14(17(19)20-5)12-13-15-10-8-9-11-16(15)21-22(6,7)18(2,3)4/h12,15-16H,8-11,13H2,1-7H3/b14-12+/t15-,16+/m1/s1. The molecule has 0 heterocycles. The molecule has 0 amide bonds. The minimum Gasteiger partial charge on any atom is -0.466 e. The van der Waals surface area contributed by atoms with Crippen LogP contribution >= 0.6 is 0 Å². The summed E-state index contributed by atoms with van der Waals surface area (Å²) in [6, 6.07) is 0. The normalized spacial score (nSPS) is 24.2. The number of rotatable bonds is 5. The van der Waals surface area contributed by atoms with E-state index in [1.54, 1.807) is 0 Å². The first-order valence-corrected chi connectivity index (χ1v) is 11.4. The second-order valence-corrected chi connectivity index (χ2v) is 12.8. The number of carbonyl (C=O) groups is 1. The van der Waals surface area contributed by atoms with Crippen molar-refractivity contribution >= 4 is 14.3 Å². The molecule has 1 aliphatic rings. The predicted molar refractivity (Wildman–Crippen MR) is 94.4 cm³/mol. The van der Waals surface area contributed by atoms with E-state index in [2.05, 4.69) is 33.9 Å². The zero-order valence-corrected chi connectivity index (χ0v) is 16.5. The Morgan fingerprint density at radius 3 is 2.36 bits per heavy atom. The fraction of sp³-hybridized carbons (Fsp3) is 0.833. The van der Waals surface area contributed by atoms with Crippen molar-refractivity contribution in [1.82, 2.24) is 0 Å². The third-order valence-electron chi connectivity index (χ3n) is 5.33. The maximum Gasteiger partial charge on any atom is 0.333 e. The van der Waals surface area contributed by atoms with Crippen LogP contribution < -0.4 is 0 Å². The van der Waals surface area contributed by atoms with Gasteiger partial charge in [-0.3, -0.25) is 0 Å². The van der Waals surface area contributed by atoms with Crippen molar-refractivity contribution in [3.8, 4) is 0 Å². The third kappa shape index (κ3) is 5.23. The number of methoxy groups -OCH3 is 1. The molecule has 3 nitrogen and oxygen atoms in total. The molecule has 0 aromatic carbocycles. The van der Waals surface area contributed by atoms with Crippen LogP contribution in [-0.2, 0) is 14.0 Å². The average Bonchev–Trinajstić information content (AvgIpc) is 2.43. The lowest BCUT2D eigenvalue weighted by Gasteiger charge is -2.43. The van der Waals surface area contributed by atoms with Crippen molar-refractivity contribution < 1.29 is 14.0 Å². The molecular formula is C18H34O3Si. The molecule has 2 atom stereocenters. The van der Waals surface area contributed by atoms with Gasteiger partial charge in [0.05, 0.1) is 7.11 Å². The zero-order valence-electron chi connectivity index (χ0n) is 15.5. The Bertz CT molecular complexity index is 407. The summed E-state index contributed by atoms with van der Waals surface area (Å²) in [5, 5.41) is 0.243. The molecule has 0 spiro atoms. The van der Waals surface area contributed by atoms with Gasteiger partial charge >= 0.3 is 5.97 Å². The number of hydrogen-bond acceptors (Lipinski definition) is 3. The molecule has 22 heavy (non-hydrogen) atoms. The first-order chi connectivity index (χ1) is 10.1. The molecule has 1 rings (SSSR count). The minimum atomic E-state index is -1.73. The van der Waals surface area contributed by atoms with Crippen molar-refractivity contribution in [1.29, 1.82) is 0 Å². The lowest BCUT2D eigenvalue weighted by molar-refractivity contribution is -0.136. The predicted octanol–water partition coefficient (Wildman–Crippen LogP) is 5.08. The molecule has 1 fully saturated rings. The molecule has 1 aliphatic carbocycles. The molecule has 0 saturated heterocycles. The van der Waals surface area contributed by atoms with Gasteiger partial charge in [0.15, 0.2) is 8.32 Å². The maximum absolute atomic E-state index is 11.5. The monoisotopic (exact) mass is 326 g/mol. The number of allylic oxidation sites excluding steroid dienone is 1. The minimum absolute atomic E-state index is 0.224. The summed E-state index contributed by atoms with van der Waals surface area (Å²) in [7, 11) is -0.297. The Morgan fingerprint density at radius 2 is 1.82 bits per heavy atom. The van der Waals surface area contributed by atoms with E-state index in [9.17, 15) is 4.79 Å². The van der Waals surface area contributed by atoms with Gasteiger partial charge in [-0.2, -0.15) is 0 Å². The first kappa shape index (κ1) is 19.4. The molecule has 0 aliphatic heterocycles. The molecule has 0 N–H and O–H groups in total. The Morgan fingerprint density at radius 1 is 1.23 bits per heavy atom. The van der Waals surface area contributed by atoms with E-state index in [0.29, 0.717) is 17.6 Å². The highest BCUT2D eigenvalue weighted by atomic mass is 28.4. The highest BCUT2D eigenvalue weighted by Gasteiger charge is 2.41. The Balaban J connectivity index is 2.74. The largest absolute Gasteiger partial charge is 0.466 e. The van der Waals surface area contributed by atoms with Gasteiger partial charge in [-0.05, 0) is 50.2 Å². The van der Waals surface area contributed by atoms with E-state index in [1.165, 1.54) is 26.4 Å². The topological polar surface area (TPSA) is 35.5 Å². The Labute approximate surface area is 137 Å². The highest BCUT2D eigenvalue weighted by molar-refractivity contribution is 6.74. The van der Waals surface area contributed by atoms with Gasteiger partial charge in [-0.15, -0.1) is 0 Å². The van der Waals surface area contributed by atoms with Crippen LogP contribution in [0.15, 0.2) is 11.6 Å². The Kier molecular flexibility index (Phi) is 6.87. The van der Waals surface area contributed by atoms with Crippen LogP contribution in [0.5, 0.6) is 0 Å². The summed E-state index contributed by atoms with van der Waals surface area (Å²) in [5.41, 5.74) is 0.708. The van der Waals surface area contributed by atoms with Crippen LogP contribution in [0.2, 0.25) is 18.1 Å². The van der Waals surface area contributed by atoms with Crippen molar-refractivity contribution in [3.63, 3.8) is 0 Å². The van der Waals surface area contributed by atoms with Gasteiger partial charge in [0.1, 0.15) is 0 Å². The van der Waals surface area contributed by atoms with Gasteiger partial charge in [0, 0.05) is 11.7 Å². The average molecular weight is 327 g/mol. The fourth-order valence-corrected chi connectivity index (χ4v) is 4.15. The van der Waals surface area contributed by atoms with Crippen molar-refractivity contribution in [3.05, 3.63) is 11.6 Å². The maximum atomic E-state index is 11.5. The summed E-state index contributed by atoms with van der Waals surface area (Å²) in [6.07, 6.45) is 8.18. The highest BCUT2D eigenvalue weighted by Crippen LogP contribution is 2.41. The van der Waals surface area contributed by atoms with E-state index in [-0.39, 0.29) is 11.0 Å². The summed E-state index contributed by atoms with van der Waals surface area (Å²) >= 11 is 0. The van der Waals surface area contributed by atoms with E-state index < -0.39 is 8.32 Å². The van der Waals surface area contributed by atoms with E-state index in [4.69, 9.17) is 9.16 Å². The van der Waals surface area contributed by atoms with Crippen molar-refractivity contribution in [2.45, 2.75) is 84.0 Å². The van der Waals surface area contributed by atoms with Crippen LogP contribution in [-0.4, -0.2) is 27.5 Å². The fourth-order valence-electron chi connectivity index (χ4n) is 2.73. The van der Waals surface area contributed by atoms with Gasteiger partial charge in [-0.25, -0.2) is 4.79 Å². The van der Waals surface area contributed by atoms with Gasteiger partial charge < -0.3 is 9.16 Å². The molecule has 1 saturated carbocycles. The van der Waals surface area contributed by atoms with E-state index in [1.807, 2.05) is 13.0 Å². The second-order valence-electron chi connectivity index (χ2n) is 8.08. The number of esters is 1. The smallest absolute Gasteiger partial charge is 0.333 e. The first-order valence-electron chi connectivity index (χ1n) is 8.51. The molecule has 0 aromatic rings. The van der Waals surface area contributed by atoms with Crippen LogP contribution in [0.1, 0.15) is 59.8 Å². The summed E-state index contributed by atoms with van der Waals surface area (Å²) in [4.78, 5) is 11.5. The zero-order chi connectivity index (χ0) is 17.0. The van der Waals surface area contributed by atoms with Crippen LogP contribution in [0.25, 0.3) is 0 Å². The second kappa shape index (κ2) is 7.78. The number of hydrogen-bond donors (Lipinski definition) is 0. The lowest BCUT2D eigenvalue weighted by atomic mass is 9.84. The molecule has 0 radical (unpaired) electrons. The van der Waals surface area contributed by atoms with Gasteiger partial charge in [0.25, 0.3) is 0 Å². The van der Waals surface area contributed by atoms with E-state index in [0.717, 1.165) is 12.8 Å². The van der Waals surface area contributed by atoms with Crippen LogP contribution in [0.3, 0.4) is 0 Å². The van der Waals surface area contributed by atoms with Crippen molar-refractivity contribution in [2.75, 3.05) is 7.11 Å². The summed E-state index contributed by atoms with van der Waals surface area (Å²) < 4.78 is 11.4. The molecule has 0 unspecified atom stereocenters. The molecule has 0 bridgehead atoms.